The molecule has 1 heterocycles. The maximum atomic E-state index is 12.0. The third-order valence-electron chi connectivity index (χ3n) is 3.59. The number of benzene rings is 2. The lowest BCUT2D eigenvalue weighted by atomic mass is 10.1. The average molecular weight is 341 g/mol. The van der Waals surface area contributed by atoms with Crippen molar-refractivity contribution >= 4 is 29.0 Å². The topological polar surface area (TPSA) is 59.0 Å². The van der Waals surface area contributed by atoms with Crippen LogP contribution in [-0.4, -0.2) is 15.8 Å². The fraction of sp³-hybridized carbons (Fsp3) is 0.111. The second-order valence-corrected chi connectivity index (χ2v) is 5.88. The third kappa shape index (κ3) is 4.14. The zero-order valence-corrected chi connectivity index (χ0v) is 13.9. The number of aryl methyl sites for hydroxylation is 1. The summed E-state index contributed by atoms with van der Waals surface area (Å²) in [5.74, 6) is 0. The van der Waals surface area contributed by atoms with Crippen LogP contribution in [0.15, 0.2) is 60.9 Å². The molecule has 5 nitrogen and oxygen atoms in total. The van der Waals surface area contributed by atoms with Crippen molar-refractivity contribution in [3.8, 4) is 0 Å². The Kier molecular flexibility index (Phi) is 4.82. The zero-order valence-electron chi connectivity index (χ0n) is 13.2. The molecule has 0 spiro atoms. The van der Waals surface area contributed by atoms with Gasteiger partial charge in [0.05, 0.1) is 18.4 Å². The highest BCUT2D eigenvalue weighted by molar-refractivity contribution is 6.30. The van der Waals surface area contributed by atoms with E-state index in [1.807, 2.05) is 12.1 Å². The maximum absolute atomic E-state index is 12.0. The summed E-state index contributed by atoms with van der Waals surface area (Å²) >= 11 is 5.82. The Bertz CT molecular complexity index is 842. The van der Waals surface area contributed by atoms with Gasteiger partial charge in [-0.3, -0.25) is 4.68 Å². The number of hydrogen-bond donors (Lipinski definition) is 2. The normalized spacial score (nSPS) is 10.4. The van der Waals surface area contributed by atoms with Crippen molar-refractivity contribution in [1.29, 1.82) is 0 Å². The number of halogens is 1. The van der Waals surface area contributed by atoms with Gasteiger partial charge in [0.25, 0.3) is 0 Å². The van der Waals surface area contributed by atoms with Crippen LogP contribution in [0.3, 0.4) is 0 Å². The van der Waals surface area contributed by atoms with E-state index in [9.17, 15) is 4.79 Å². The quantitative estimate of drug-likeness (QED) is 0.732. The van der Waals surface area contributed by atoms with Crippen LogP contribution in [0.5, 0.6) is 0 Å². The molecule has 1 aromatic heterocycles. The average Bonchev–Trinajstić information content (AvgIpc) is 2.99. The summed E-state index contributed by atoms with van der Waals surface area (Å²) in [6, 6.07) is 14.7. The standard InChI is InChI=1S/C18H17ClN4O/c1-13-4-2-3-5-14(13)11-23-12-17(10-20-23)22-18(24)21-16-8-6-15(19)7-9-16/h2-10,12H,11H2,1H3,(H2,21,22,24). The van der Waals surface area contributed by atoms with Gasteiger partial charge in [-0.05, 0) is 42.3 Å². The first kappa shape index (κ1) is 16.1. The highest BCUT2D eigenvalue weighted by Gasteiger charge is 2.06. The lowest BCUT2D eigenvalue weighted by molar-refractivity contribution is 0.262. The molecule has 122 valence electrons. The first-order valence-electron chi connectivity index (χ1n) is 7.51. The second-order valence-electron chi connectivity index (χ2n) is 5.44. The number of urea groups is 1. The van der Waals surface area contributed by atoms with E-state index in [1.54, 1.807) is 41.3 Å². The lowest BCUT2D eigenvalue weighted by Crippen LogP contribution is -2.19. The van der Waals surface area contributed by atoms with E-state index < -0.39 is 0 Å². The molecule has 0 radical (unpaired) electrons. The number of rotatable bonds is 4. The summed E-state index contributed by atoms with van der Waals surface area (Å²) in [5.41, 5.74) is 3.71. The number of nitrogens with one attached hydrogen (secondary N) is 2. The molecule has 0 aliphatic carbocycles. The van der Waals surface area contributed by atoms with E-state index in [2.05, 4.69) is 34.8 Å². The van der Waals surface area contributed by atoms with Gasteiger partial charge in [-0.15, -0.1) is 0 Å². The van der Waals surface area contributed by atoms with Gasteiger partial charge in [0, 0.05) is 16.9 Å². The highest BCUT2D eigenvalue weighted by atomic mass is 35.5. The Balaban J connectivity index is 1.60. The molecule has 0 fully saturated rings. The van der Waals surface area contributed by atoms with E-state index in [0.717, 1.165) is 0 Å². The van der Waals surface area contributed by atoms with Crippen molar-refractivity contribution < 1.29 is 4.79 Å². The first-order chi connectivity index (χ1) is 11.6. The molecule has 0 unspecified atom stereocenters. The number of aromatic nitrogens is 2. The van der Waals surface area contributed by atoms with Crippen molar-refractivity contribution in [2.24, 2.45) is 0 Å². The third-order valence-corrected chi connectivity index (χ3v) is 3.84. The number of anilines is 2. The largest absolute Gasteiger partial charge is 0.323 e. The van der Waals surface area contributed by atoms with E-state index in [1.165, 1.54) is 11.1 Å². The SMILES string of the molecule is Cc1ccccc1Cn1cc(NC(=O)Nc2ccc(Cl)cc2)cn1. The monoisotopic (exact) mass is 340 g/mol. The van der Waals surface area contributed by atoms with Crippen LogP contribution in [0.1, 0.15) is 11.1 Å². The van der Waals surface area contributed by atoms with Crippen LogP contribution in [0, 0.1) is 6.92 Å². The van der Waals surface area contributed by atoms with E-state index in [0.29, 0.717) is 22.9 Å². The predicted octanol–water partition coefficient (Wildman–Crippen LogP) is 4.54. The van der Waals surface area contributed by atoms with E-state index in [-0.39, 0.29) is 6.03 Å². The maximum Gasteiger partial charge on any atom is 0.323 e. The second kappa shape index (κ2) is 7.19. The van der Waals surface area contributed by atoms with Gasteiger partial charge in [0.1, 0.15) is 0 Å². The fourth-order valence-electron chi connectivity index (χ4n) is 2.30. The van der Waals surface area contributed by atoms with Crippen molar-refractivity contribution in [2.45, 2.75) is 13.5 Å². The minimum Gasteiger partial charge on any atom is -0.308 e. The van der Waals surface area contributed by atoms with Crippen molar-refractivity contribution in [3.05, 3.63) is 77.1 Å². The lowest BCUT2D eigenvalue weighted by Gasteiger charge is -2.06. The Morgan fingerprint density at radius 2 is 1.79 bits per heavy atom. The smallest absolute Gasteiger partial charge is 0.308 e. The van der Waals surface area contributed by atoms with Crippen molar-refractivity contribution in [2.75, 3.05) is 10.6 Å². The highest BCUT2D eigenvalue weighted by Crippen LogP contribution is 2.15. The van der Waals surface area contributed by atoms with Gasteiger partial charge < -0.3 is 10.6 Å². The molecule has 0 saturated heterocycles. The van der Waals surface area contributed by atoms with Crippen LogP contribution in [-0.2, 0) is 6.54 Å². The van der Waals surface area contributed by atoms with Gasteiger partial charge in [0.15, 0.2) is 0 Å². The first-order valence-corrected chi connectivity index (χ1v) is 7.88. The summed E-state index contributed by atoms with van der Waals surface area (Å²) in [4.78, 5) is 12.0. The molecule has 0 atom stereocenters. The van der Waals surface area contributed by atoms with Crippen molar-refractivity contribution in [1.82, 2.24) is 9.78 Å². The molecule has 3 aromatic rings. The summed E-state index contributed by atoms with van der Waals surface area (Å²) in [6.07, 6.45) is 3.42. The van der Waals surface area contributed by atoms with Crippen LogP contribution < -0.4 is 10.6 Å². The van der Waals surface area contributed by atoms with Crippen LogP contribution in [0.4, 0.5) is 16.2 Å². The molecular weight excluding hydrogens is 324 g/mol. The summed E-state index contributed by atoms with van der Waals surface area (Å²) < 4.78 is 1.79. The molecule has 6 heteroatoms. The van der Waals surface area contributed by atoms with Gasteiger partial charge >= 0.3 is 6.03 Å². The zero-order chi connectivity index (χ0) is 16.9. The Hall–Kier alpha value is -2.79. The Morgan fingerprint density at radius 1 is 1.08 bits per heavy atom. The molecule has 2 aromatic carbocycles. The van der Waals surface area contributed by atoms with Crippen LogP contribution in [0.25, 0.3) is 0 Å². The number of amides is 2. The molecule has 3 rings (SSSR count). The number of nitrogens with zero attached hydrogens (tertiary/aromatic N) is 2. The molecule has 0 bridgehead atoms. The molecule has 2 amide bonds. The van der Waals surface area contributed by atoms with Crippen molar-refractivity contribution in [3.63, 3.8) is 0 Å². The van der Waals surface area contributed by atoms with E-state index in [4.69, 9.17) is 11.6 Å². The summed E-state index contributed by atoms with van der Waals surface area (Å²) in [6.45, 7) is 2.73. The molecule has 0 aliphatic rings. The minimum atomic E-state index is -0.326. The number of carbonyl (C=O) groups excluding carboxylic acids is 1. The fourth-order valence-corrected chi connectivity index (χ4v) is 2.43. The Labute approximate surface area is 145 Å². The van der Waals surface area contributed by atoms with Gasteiger partial charge in [-0.25, -0.2) is 4.79 Å². The molecule has 0 saturated carbocycles. The van der Waals surface area contributed by atoms with Gasteiger partial charge in [-0.2, -0.15) is 5.10 Å². The predicted molar refractivity (Wildman–Crippen MR) is 96.6 cm³/mol. The minimum absolute atomic E-state index is 0.326. The molecular formula is C18H17ClN4O. The van der Waals surface area contributed by atoms with Gasteiger partial charge in [-0.1, -0.05) is 35.9 Å². The Morgan fingerprint density at radius 3 is 2.54 bits per heavy atom. The van der Waals surface area contributed by atoms with Crippen LogP contribution in [0.2, 0.25) is 5.02 Å². The number of hydrogen-bond acceptors (Lipinski definition) is 2. The summed E-state index contributed by atoms with van der Waals surface area (Å²) in [7, 11) is 0. The molecule has 24 heavy (non-hydrogen) atoms. The summed E-state index contributed by atoms with van der Waals surface area (Å²) in [5, 5.41) is 10.4. The van der Waals surface area contributed by atoms with Crippen LogP contribution >= 0.6 is 11.6 Å². The molecule has 0 aliphatic heterocycles. The molecule has 2 N–H and O–H groups in total. The van der Waals surface area contributed by atoms with Gasteiger partial charge in [0.2, 0.25) is 0 Å². The number of carbonyl (C=O) groups is 1. The van der Waals surface area contributed by atoms with E-state index >= 15 is 0 Å².